The van der Waals surface area contributed by atoms with Gasteiger partial charge in [-0.1, -0.05) is 0 Å². The Kier molecular flexibility index (Phi) is 4.80. The number of aromatic amines is 2. The van der Waals surface area contributed by atoms with Crippen LogP contribution in [0.15, 0.2) is 35.7 Å². The number of fused-ring (bicyclic) bond motifs is 2. The van der Waals surface area contributed by atoms with Crippen molar-refractivity contribution >= 4 is 32.5 Å². The molecule has 0 aliphatic carbocycles. The second kappa shape index (κ2) is 7.58. The lowest BCUT2D eigenvalue weighted by molar-refractivity contribution is 0.0679. The van der Waals surface area contributed by atoms with Crippen molar-refractivity contribution in [3.63, 3.8) is 0 Å². The van der Waals surface area contributed by atoms with E-state index in [1.807, 2.05) is 6.07 Å². The highest BCUT2D eigenvalue weighted by Crippen LogP contribution is 2.32. The van der Waals surface area contributed by atoms with E-state index in [1.54, 1.807) is 11.3 Å². The van der Waals surface area contributed by atoms with Gasteiger partial charge in [0.1, 0.15) is 11.4 Å². The van der Waals surface area contributed by atoms with Gasteiger partial charge in [0.25, 0.3) is 0 Å². The molecule has 7 heteroatoms. The highest BCUT2D eigenvalue weighted by Gasteiger charge is 2.17. The van der Waals surface area contributed by atoms with E-state index in [4.69, 9.17) is 4.74 Å². The molecule has 4 heterocycles. The molecule has 1 fully saturated rings. The van der Waals surface area contributed by atoms with E-state index < -0.39 is 0 Å². The Morgan fingerprint density at radius 1 is 1.25 bits per heavy atom. The summed E-state index contributed by atoms with van der Waals surface area (Å²) in [6.07, 6.45) is 2.82. The quantitative estimate of drug-likeness (QED) is 0.431. The van der Waals surface area contributed by atoms with Gasteiger partial charge in [0.2, 0.25) is 0 Å². The fourth-order valence-corrected chi connectivity index (χ4v) is 4.81. The minimum absolute atomic E-state index is 0.163. The molecule has 6 nitrogen and oxygen atoms in total. The van der Waals surface area contributed by atoms with Gasteiger partial charge in [0.15, 0.2) is 0 Å². The summed E-state index contributed by atoms with van der Waals surface area (Å²) in [5.41, 5.74) is 4.11. The maximum absolute atomic E-state index is 9.75. The summed E-state index contributed by atoms with van der Waals surface area (Å²) >= 11 is 1.70. The summed E-state index contributed by atoms with van der Waals surface area (Å²) < 4.78 is 7.13. The normalized spacial score (nSPS) is 18.2. The molecule has 1 unspecified atom stereocenters. The smallest absolute Gasteiger partial charge is 0.126 e. The Morgan fingerprint density at radius 3 is 3.14 bits per heavy atom. The van der Waals surface area contributed by atoms with Crippen LogP contribution < -0.4 is 4.74 Å². The van der Waals surface area contributed by atoms with Crippen LogP contribution in [0, 0.1) is 0 Å². The molecule has 1 aromatic carbocycles. The van der Waals surface area contributed by atoms with Crippen LogP contribution in [0.3, 0.4) is 0 Å². The van der Waals surface area contributed by atoms with Gasteiger partial charge in [-0.15, -0.1) is 11.3 Å². The fourth-order valence-electron chi connectivity index (χ4n) is 3.97. The van der Waals surface area contributed by atoms with Crippen molar-refractivity contribution in [2.75, 3.05) is 26.2 Å². The first kappa shape index (κ1) is 17.7. The second-order valence-electron chi connectivity index (χ2n) is 7.47. The molecule has 3 aromatic heterocycles. The highest BCUT2D eigenvalue weighted by atomic mass is 32.1. The Balaban J connectivity index is 1.23. The van der Waals surface area contributed by atoms with Crippen LogP contribution in [0.2, 0.25) is 0 Å². The van der Waals surface area contributed by atoms with Gasteiger partial charge in [-0.05, 0) is 55.5 Å². The lowest BCUT2D eigenvalue weighted by Gasteiger charge is -2.29. The number of nitrogens with zero attached hydrogens (tertiary/aromatic N) is 2. The lowest BCUT2D eigenvalue weighted by Crippen LogP contribution is -2.39. The number of piperidine rings is 1. The summed E-state index contributed by atoms with van der Waals surface area (Å²) in [4.78, 5) is 5.80. The topological polar surface area (TPSA) is 77.2 Å². The summed E-state index contributed by atoms with van der Waals surface area (Å²) in [6, 6.07) is 10.4. The Labute approximate surface area is 167 Å². The highest BCUT2D eigenvalue weighted by molar-refractivity contribution is 7.17. The third kappa shape index (κ3) is 3.53. The average molecular weight is 397 g/mol. The number of aromatic nitrogens is 3. The molecule has 1 aliphatic rings. The SMILES string of the molecule is OC1CCCN(CCCOc2ccc3cc(-c4n[nH]c5ccsc45)[nH]c3c2)C1. The molecule has 1 atom stereocenters. The number of β-amino-alcohol motifs (C(OH)–C–C–N with tert-alkyl or cyclic N) is 1. The Morgan fingerprint density at radius 2 is 2.21 bits per heavy atom. The first-order chi connectivity index (χ1) is 13.8. The number of H-pyrrole nitrogens is 2. The van der Waals surface area contributed by atoms with Crippen LogP contribution >= 0.6 is 11.3 Å². The van der Waals surface area contributed by atoms with Crippen molar-refractivity contribution < 1.29 is 9.84 Å². The van der Waals surface area contributed by atoms with Crippen molar-refractivity contribution in [3.8, 4) is 17.1 Å². The first-order valence-corrected chi connectivity index (χ1v) is 10.7. The third-order valence-electron chi connectivity index (χ3n) is 5.39. The fraction of sp³-hybridized carbons (Fsp3) is 0.381. The molecule has 4 aromatic rings. The average Bonchev–Trinajstić information content (AvgIpc) is 3.39. The van der Waals surface area contributed by atoms with E-state index in [1.165, 1.54) is 4.70 Å². The molecule has 3 N–H and O–H groups in total. The number of hydrogen-bond donors (Lipinski definition) is 3. The summed E-state index contributed by atoms with van der Waals surface area (Å²) in [6.45, 7) is 3.53. The van der Waals surface area contributed by atoms with E-state index in [2.05, 4.69) is 49.7 Å². The van der Waals surface area contributed by atoms with Crippen molar-refractivity contribution in [1.29, 1.82) is 0 Å². The van der Waals surface area contributed by atoms with Crippen molar-refractivity contribution in [2.24, 2.45) is 0 Å². The second-order valence-corrected chi connectivity index (χ2v) is 8.38. The number of thiophene rings is 1. The minimum Gasteiger partial charge on any atom is -0.493 e. The van der Waals surface area contributed by atoms with E-state index >= 15 is 0 Å². The molecule has 28 heavy (non-hydrogen) atoms. The van der Waals surface area contributed by atoms with Crippen LogP contribution in [-0.2, 0) is 0 Å². The maximum atomic E-state index is 9.75. The molecule has 0 radical (unpaired) electrons. The summed E-state index contributed by atoms with van der Waals surface area (Å²) in [7, 11) is 0. The minimum atomic E-state index is -0.163. The number of rotatable bonds is 6. The maximum Gasteiger partial charge on any atom is 0.126 e. The zero-order chi connectivity index (χ0) is 18.9. The van der Waals surface area contributed by atoms with Crippen molar-refractivity contribution in [3.05, 3.63) is 35.7 Å². The molecular formula is C21H24N4O2S. The van der Waals surface area contributed by atoms with Gasteiger partial charge in [0.05, 0.1) is 28.6 Å². The van der Waals surface area contributed by atoms with Gasteiger partial charge in [-0.2, -0.15) is 5.10 Å². The zero-order valence-electron chi connectivity index (χ0n) is 15.6. The summed E-state index contributed by atoms with van der Waals surface area (Å²) in [5, 5.41) is 20.5. The van der Waals surface area contributed by atoms with E-state index in [-0.39, 0.29) is 6.10 Å². The molecular weight excluding hydrogens is 372 g/mol. The molecule has 0 saturated carbocycles. The lowest BCUT2D eigenvalue weighted by atomic mass is 10.1. The monoisotopic (exact) mass is 396 g/mol. The number of likely N-dealkylation sites (tertiary alicyclic amines) is 1. The molecule has 5 rings (SSSR count). The largest absolute Gasteiger partial charge is 0.493 e. The standard InChI is InChI=1S/C21H24N4O2S/c26-15-3-1-7-25(13-15)8-2-9-27-16-5-4-14-11-19(22-18(14)12-16)20-21-17(23-24-20)6-10-28-21/h4-6,10-12,15,22,26H,1-3,7-9,13H2,(H,23,24). The number of hydrogen-bond acceptors (Lipinski definition) is 5. The van der Waals surface area contributed by atoms with Gasteiger partial charge < -0.3 is 19.7 Å². The number of ether oxygens (including phenoxy) is 1. The predicted molar refractivity (Wildman–Crippen MR) is 113 cm³/mol. The molecule has 1 saturated heterocycles. The number of benzene rings is 1. The van der Waals surface area contributed by atoms with E-state index in [9.17, 15) is 5.11 Å². The predicted octanol–water partition coefficient (Wildman–Crippen LogP) is 4.00. The van der Waals surface area contributed by atoms with Crippen LogP contribution in [0.1, 0.15) is 19.3 Å². The molecule has 1 aliphatic heterocycles. The number of aliphatic hydroxyl groups is 1. The zero-order valence-corrected chi connectivity index (χ0v) is 16.5. The Bertz CT molecular complexity index is 1080. The van der Waals surface area contributed by atoms with Gasteiger partial charge in [-0.3, -0.25) is 5.10 Å². The number of aliphatic hydroxyl groups excluding tert-OH is 1. The van der Waals surface area contributed by atoms with Crippen LogP contribution in [0.5, 0.6) is 5.75 Å². The first-order valence-electron chi connectivity index (χ1n) is 9.84. The van der Waals surface area contributed by atoms with Crippen molar-refractivity contribution in [1.82, 2.24) is 20.1 Å². The van der Waals surface area contributed by atoms with Gasteiger partial charge in [0, 0.05) is 30.1 Å². The molecule has 146 valence electrons. The van der Waals surface area contributed by atoms with Crippen LogP contribution in [0.25, 0.3) is 32.5 Å². The van der Waals surface area contributed by atoms with E-state index in [0.717, 1.165) is 72.5 Å². The van der Waals surface area contributed by atoms with Gasteiger partial charge >= 0.3 is 0 Å². The van der Waals surface area contributed by atoms with Crippen LogP contribution in [-0.4, -0.2) is 57.5 Å². The third-order valence-corrected chi connectivity index (χ3v) is 6.31. The van der Waals surface area contributed by atoms with Gasteiger partial charge in [-0.25, -0.2) is 0 Å². The van der Waals surface area contributed by atoms with Crippen molar-refractivity contribution in [2.45, 2.75) is 25.4 Å². The van der Waals surface area contributed by atoms with E-state index in [0.29, 0.717) is 6.61 Å². The molecule has 0 spiro atoms. The van der Waals surface area contributed by atoms with Crippen LogP contribution in [0.4, 0.5) is 0 Å². The summed E-state index contributed by atoms with van der Waals surface area (Å²) in [5.74, 6) is 0.878. The number of nitrogens with one attached hydrogen (secondary N) is 2. The molecule has 0 amide bonds. The Hall–Kier alpha value is -2.35. The molecule has 0 bridgehead atoms.